The van der Waals surface area contributed by atoms with Gasteiger partial charge in [0.05, 0.1) is 11.4 Å². The van der Waals surface area contributed by atoms with Gasteiger partial charge in [-0.05, 0) is 29.7 Å². The number of carbonyl (C=O) groups is 1. The first kappa shape index (κ1) is 18.5. The highest BCUT2D eigenvalue weighted by atomic mass is 32.2. The Labute approximate surface area is 155 Å². The van der Waals surface area contributed by atoms with E-state index in [0.717, 1.165) is 23.2 Å². The Balaban J connectivity index is 1.82. The van der Waals surface area contributed by atoms with Gasteiger partial charge >= 0.3 is 0 Å². The molecule has 3 rings (SSSR count). The standard InChI is InChI=1S/C20H24N2O3S/c1-20(2,3)19(23)22-12-11-16-9-10-17(13-18(16)22)21-26(24,25)14-15-7-5-4-6-8-15/h4-10,13,21H,11-12,14H2,1-3H3. The molecule has 1 amide bonds. The molecule has 5 nitrogen and oxygen atoms in total. The number of benzene rings is 2. The number of carbonyl (C=O) groups excluding carboxylic acids is 1. The summed E-state index contributed by atoms with van der Waals surface area (Å²) in [6.07, 6.45) is 0.786. The van der Waals surface area contributed by atoms with Crippen molar-refractivity contribution < 1.29 is 13.2 Å². The number of nitrogens with one attached hydrogen (secondary N) is 1. The maximum atomic E-state index is 12.7. The van der Waals surface area contributed by atoms with E-state index in [4.69, 9.17) is 0 Å². The van der Waals surface area contributed by atoms with E-state index in [-0.39, 0.29) is 11.7 Å². The Morgan fingerprint density at radius 1 is 1.12 bits per heavy atom. The first-order chi connectivity index (χ1) is 12.2. The average molecular weight is 372 g/mol. The van der Waals surface area contributed by atoms with Gasteiger partial charge in [-0.15, -0.1) is 0 Å². The molecule has 0 bridgehead atoms. The van der Waals surface area contributed by atoms with Crippen molar-refractivity contribution in [2.75, 3.05) is 16.2 Å². The molecule has 0 atom stereocenters. The van der Waals surface area contributed by atoms with Crippen LogP contribution in [0.2, 0.25) is 0 Å². The van der Waals surface area contributed by atoms with Crippen molar-refractivity contribution in [1.82, 2.24) is 0 Å². The van der Waals surface area contributed by atoms with Crippen LogP contribution in [-0.2, 0) is 27.0 Å². The molecule has 2 aromatic carbocycles. The van der Waals surface area contributed by atoms with Crippen molar-refractivity contribution in [1.29, 1.82) is 0 Å². The van der Waals surface area contributed by atoms with Crippen LogP contribution < -0.4 is 9.62 Å². The van der Waals surface area contributed by atoms with Gasteiger partial charge in [-0.25, -0.2) is 8.42 Å². The molecule has 0 fully saturated rings. The lowest BCUT2D eigenvalue weighted by Crippen LogP contribution is -2.38. The number of sulfonamides is 1. The van der Waals surface area contributed by atoms with E-state index >= 15 is 0 Å². The van der Waals surface area contributed by atoms with Gasteiger partial charge in [0, 0.05) is 17.6 Å². The fourth-order valence-corrected chi connectivity index (χ4v) is 4.26. The van der Waals surface area contributed by atoms with E-state index in [9.17, 15) is 13.2 Å². The Morgan fingerprint density at radius 2 is 1.81 bits per heavy atom. The van der Waals surface area contributed by atoms with Crippen LogP contribution in [-0.4, -0.2) is 20.9 Å². The lowest BCUT2D eigenvalue weighted by atomic mass is 9.94. The molecule has 2 aromatic rings. The second kappa shape index (κ2) is 6.76. The molecule has 1 N–H and O–H groups in total. The third kappa shape index (κ3) is 4.07. The fraction of sp³-hybridized carbons (Fsp3) is 0.350. The van der Waals surface area contributed by atoms with Crippen molar-refractivity contribution >= 4 is 27.3 Å². The normalized spacial score (nSPS) is 14.2. The van der Waals surface area contributed by atoms with E-state index in [1.54, 1.807) is 29.2 Å². The predicted molar refractivity (Wildman–Crippen MR) is 105 cm³/mol. The highest BCUT2D eigenvalue weighted by molar-refractivity contribution is 7.91. The summed E-state index contributed by atoms with van der Waals surface area (Å²) in [5, 5.41) is 0. The molecule has 0 unspecified atom stereocenters. The second-order valence-corrected chi connectivity index (χ2v) is 9.37. The third-order valence-electron chi connectivity index (χ3n) is 4.34. The maximum Gasteiger partial charge on any atom is 0.236 e. The Hall–Kier alpha value is -2.34. The minimum atomic E-state index is -3.52. The molecule has 0 aliphatic carbocycles. The zero-order valence-corrected chi connectivity index (χ0v) is 16.1. The molecule has 6 heteroatoms. The van der Waals surface area contributed by atoms with Gasteiger partial charge in [0.15, 0.2) is 0 Å². The zero-order chi connectivity index (χ0) is 18.9. The van der Waals surface area contributed by atoms with Crippen LogP contribution in [0.1, 0.15) is 31.9 Å². The monoisotopic (exact) mass is 372 g/mol. The SMILES string of the molecule is CC(C)(C)C(=O)N1CCc2ccc(NS(=O)(=O)Cc3ccccc3)cc21. The molecule has 0 aromatic heterocycles. The second-order valence-electron chi connectivity index (χ2n) is 7.65. The molecule has 26 heavy (non-hydrogen) atoms. The van der Waals surface area contributed by atoms with Crippen molar-refractivity contribution in [2.45, 2.75) is 32.9 Å². The number of fused-ring (bicyclic) bond motifs is 1. The highest BCUT2D eigenvalue weighted by Crippen LogP contribution is 2.34. The topological polar surface area (TPSA) is 66.5 Å². The van der Waals surface area contributed by atoms with E-state index in [2.05, 4.69) is 4.72 Å². The number of hydrogen-bond acceptors (Lipinski definition) is 3. The summed E-state index contributed by atoms with van der Waals surface area (Å²) in [5.74, 6) is -0.0456. The van der Waals surface area contributed by atoms with Crippen LogP contribution in [0.15, 0.2) is 48.5 Å². The molecule has 0 saturated heterocycles. The van der Waals surface area contributed by atoms with Crippen molar-refractivity contribution in [3.05, 3.63) is 59.7 Å². The lowest BCUT2D eigenvalue weighted by Gasteiger charge is -2.26. The quantitative estimate of drug-likeness (QED) is 0.892. The van der Waals surface area contributed by atoms with Crippen LogP contribution >= 0.6 is 0 Å². The number of rotatable bonds is 4. The smallest absolute Gasteiger partial charge is 0.236 e. The molecule has 1 aliphatic heterocycles. The highest BCUT2D eigenvalue weighted by Gasteiger charge is 2.32. The first-order valence-corrected chi connectivity index (χ1v) is 10.3. The first-order valence-electron chi connectivity index (χ1n) is 8.65. The number of amides is 1. The minimum absolute atomic E-state index is 0.0422. The number of anilines is 2. The molecular formula is C20H24N2O3S. The summed E-state index contributed by atoms with van der Waals surface area (Å²) < 4.78 is 27.5. The van der Waals surface area contributed by atoms with Crippen LogP contribution in [0, 0.1) is 5.41 Å². The van der Waals surface area contributed by atoms with E-state index in [1.807, 2.05) is 45.0 Å². The molecule has 1 aliphatic rings. The van der Waals surface area contributed by atoms with Gasteiger partial charge in [0.25, 0.3) is 0 Å². The minimum Gasteiger partial charge on any atom is -0.311 e. The summed E-state index contributed by atoms with van der Waals surface area (Å²) in [7, 11) is -3.52. The van der Waals surface area contributed by atoms with Gasteiger partial charge in [0.1, 0.15) is 0 Å². The Kier molecular flexibility index (Phi) is 4.80. The summed E-state index contributed by atoms with van der Waals surface area (Å²) >= 11 is 0. The molecule has 0 radical (unpaired) electrons. The van der Waals surface area contributed by atoms with Crippen LogP contribution in [0.5, 0.6) is 0 Å². The van der Waals surface area contributed by atoms with Crippen LogP contribution in [0.4, 0.5) is 11.4 Å². The van der Waals surface area contributed by atoms with Crippen LogP contribution in [0.25, 0.3) is 0 Å². The lowest BCUT2D eigenvalue weighted by molar-refractivity contribution is -0.125. The van der Waals surface area contributed by atoms with Gasteiger partial charge < -0.3 is 4.90 Å². The summed E-state index contributed by atoms with van der Waals surface area (Å²) in [5.41, 5.74) is 2.59. The molecule has 138 valence electrons. The van der Waals surface area contributed by atoms with Gasteiger partial charge in [0.2, 0.25) is 15.9 Å². The summed E-state index contributed by atoms with van der Waals surface area (Å²) in [6.45, 7) is 6.30. The Morgan fingerprint density at radius 3 is 2.46 bits per heavy atom. The van der Waals surface area contributed by atoms with Gasteiger partial charge in [-0.2, -0.15) is 0 Å². The van der Waals surface area contributed by atoms with Crippen molar-refractivity contribution in [3.63, 3.8) is 0 Å². The average Bonchev–Trinajstić information content (AvgIpc) is 2.96. The van der Waals surface area contributed by atoms with Crippen molar-refractivity contribution in [3.8, 4) is 0 Å². The number of nitrogens with zero attached hydrogens (tertiary/aromatic N) is 1. The largest absolute Gasteiger partial charge is 0.311 e. The van der Waals surface area contributed by atoms with Crippen LogP contribution in [0.3, 0.4) is 0 Å². The summed E-state index contributed by atoms with van der Waals surface area (Å²) in [6, 6.07) is 14.5. The molecule has 1 heterocycles. The van der Waals surface area contributed by atoms with E-state index in [1.165, 1.54) is 0 Å². The number of hydrogen-bond donors (Lipinski definition) is 1. The van der Waals surface area contributed by atoms with E-state index in [0.29, 0.717) is 12.2 Å². The molecule has 0 saturated carbocycles. The summed E-state index contributed by atoms with van der Waals surface area (Å²) in [4.78, 5) is 14.4. The zero-order valence-electron chi connectivity index (χ0n) is 15.3. The predicted octanol–water partition coefficient (Wildman–Crippen LogP) is 3.56. The molecular weight excluding hydrogens is 348 g/mol. The maximum absolute atomic E-state index is 12.7. The van der Waals surface area contributed by atoms with Gasteiger partial charge in [-0.1, -0.05) is 57.2 Å². The van der Waals surface area contributed by atoms with Gasteiger partial charge in [-0.3, -0.25) is 9.52 Å². The van der Waals surface area contributed by atoms with Crippen molar-refractivity contribution in [2.24, 2.45) is 5.41 Å². The molecule has 0 spiro atoms. The fourth-order valence-electron chi connectivity index (χ4n) is 3.07. The Bertz CT molecular complexity index is 916. The van der Waals surface area contributed by atoms with E-state index < -0.39 is 15.4 Å². The third-order valence-corrected chi connectivity index (χ3v) is 5.60.